The molecule has 2 aliphatic rings. The second kappa shape index (κ2) is 6.18. The second-order valence-corrected chi connectivity index (χ2v) is 5.94. The van der Waals surface area contributed by atoms with Gasteiger partial charge in [-0.25, -0.2) is 4.79 Å². The van der Waals surface area contributed by atoms with E-state index in [9.17, 15) is 9.59 Å². The highest BCUT2D eigenvalue weighted by Crippen LogP contribution is 2.34. The van der Waals surface area contributed by atoms with Crippen LogP contribution in [0.1, 0.15) is 31.2 Å². The molecule has 0 N–H and O–H groups in total. The number of rotatable bonds is 3. The highest BCUT2D eigenvalue weighted by Gasteiger charge is 2.46. The lowest BCUT2D eigenvalue weighted by atomic mass is 9.81. The van der Waals surface area contributed by atoms with Crippen molar-refractivity contribution in [2.75, 3.05) is 6.54 Å². The van der Waals surface area contributed by atoms with Crippen LogP contribution in [0.4, 0.5) is 4.79 Å². The summed E-state index contributed by atoms with van der Waals surface area (Å²) in [6.07, 6.45) is 3.66. The SMILES string of the molecule is N#CCN1C(=O)N(Cc2ccccc2)C(=O)C2CCCCC21. The van der Waals surface area contributed by atoms with Crippen LogP contribution in [0, 0.1) is 17.2 Å². The predicted octanol–water partition coefficient (Wildman–Crippen LogP) is 2.53. The van der Waals surface area contributed by atoms with Crippen molar-refractivity contribution in [1.29, 1.82) is 5.26 Å². The van der Waals surface area contributed by atoms with Gasteiger partial charge in [0.15, 0.2) is 0 Å². The van der Waals surface area contributed by atoms with Gasteiger partial charge in [0, 0.05) is 6.04 Å². The van der Waals surface area contributed by atoms with Gasteiger partial charge in [-0.2, -0.15) is 5.26 Å². The molecule has 1 heterocycles. The lowest BCUT2D eigenvalue weighted by Crippen LogP contribution is -2.62. The van der Waals surface area contributed by atoms with Gasteiger partial charge in [-0.1, -0.05) is 43.2 Å². The molecular formula is C17H19N3O2. The third-order valence-corrected chi connectivity index (χ3v) is 4.61. The molecule has 1 aliphatic heterocycles. The van der Waals surface area contributed by atoms with Crippen LogP contribution in [-0.4, -0.2) is 34.3 Å². The standard InChI is InChI=1S/C17H19N3O2/c18-10-11-19-15-9-5-4-8-14(15)16(21)20(17(19)22)12-13-6-2-1-3-7-13/h1-3,6-7,14-15H,4-5,8-9,11-12H2. The fourth-order valence-electron chi connectivity index (χ4n) is 3.54. The first-order chi connectivity index (χ1) is 10.7. The molecule has 5 heteroatoms. The van der Waals surface area contributed by atoms with Crippen LogP contribution in [0.5, 0.6) is 0 Å². The van der Waals surface area contributed by atoms with Crippen molar-refractivity contribution < 1.29 is 9.59 Å². The van der Waals surface area contributed by atoms with Gasteiger partial charge in [0.1, 0.15) is 6.54 Å². The first-order valence-corrected chi connectivity index (χ1v) is 7.75. The highest BCUT2D eigenvalue weighted by molar-refractivity contribution is 5.98. The summed E-state index contributed by atoms with van der Waals surface area (Å²) in [5.41, 5.74) is 0.926. The van der Waals surface area contributed by atoms with Crippen LogP contribution in [0.15, 0.2) is 30.3 Å². The van der Waals surface area contributed by atoms with Crippen molar-refractivity contribution in [3.63, 3.8) is 0 Å². The molecular weight excluding hydrogens is 278 g/mol. The minimum absolute atomic E-state index is 0.0541. The number of carbonyl (C=O) groups is 2. The predicted molar refractivity (Wildman–Crippen MR) is 80.5 cm³/mol. The summed E-state index contributed by atoms with van der Waals surface area (Å²) in [7, 11) is 0. The van der Waals surface area contributed by atoms with Gasteiger partial charge >= 0.3 is 6.03 Å². The van der Waals surface area contributed by atoms with E-state index in [4.69, 9.17) is 5.26 Å². The number of fused-ring (bicyclic) bond motifs is 1. The zero-order chi connectivity index (χ0) is 15.5. The van der Waals surface area contributed by atoms with E-state index in [-0.39, 0.29) is 37.0 Å². The Hall–Kier alpha value is -2.35. The Bertz CT molecular complexity index is 608. The topological polar surface area (TPSA) is 64.4 Å². The number of hydrogen-bond acceptors (Lipinski definition) is 3. The number of nitrogens with zero attached hydrogens (tertiary/aromatic N) is 3. The molecule has 1 aliphatic carbocycles. The van der Waals surface area contributed by atoms with Gasteiger partial charge in [-0.3, -0.25) is 9.69 Å². The molecule has 3 rings (SSSR count). The average molecular weight is 297 g/mol. The molecule has 2 fully saturated rings. The van der Waals surface area contributed by atoms with Gasteiger partial charge in [0.25, 0.3) is 0 Å². The largest absolute Gasteiger partial charge is 0.328 e. The summed E-state index contributed by atoms with van der Waals surface area (Å²) < 4.78 is 0. The minimum atomic E-state index is -0.321. The zero-order valence-electron chi connectivity index (χ0n) is 12.4. The summed E-state index contributed by atoms with van der Waals surface area (Å²) in [5.74, 6) is -0.226. The fourth-order valence-corrected chi connectivity index (χ4v) is 3.54. The maximum Gasteiger partial charge on any atom is 0.328 e. The van der Waals surface area contributed by atoms with E-state index in [1.54, 1.807) is 4.90 Å². The smallest absolute Gasteiger partial charge is 0.307 e. The molecule has 0 aromatic heterocycles. The Morgan fingerprint density at radius 3 is 2.59 bits per heavy atom. The third kappa shape index (κ3) is 2.57. The molecule has 0 radical (unpaired) electrons. The number of hydrogen-bond donors (Lipinski definition) is 0. The Morgan fingerprint density at radius 2 is 1.86 bits per heavy atom. The molecule has 114 valence electrons. The van der Waals surface area contributed by atoms with Crippen molar-refractivity contribution in [3.8, 4) is 6.07 Å². The first-order valence-electron chi connectivity index (χ1n) is 7.75. The van der Waals surface area contributed by atoms with Gasteiger partial charge in [0.2, 0.25) is 5.91 Å². The number of carbonyl (C=O) groups excluding carboxylic acids is 2. The number of urea groups is 1. The van der Waals surface area contributed by atoms with E-state index < -0.39 is 0 Å². The molecule has 2 atom stereocenters. The van der Waals surface area contributed by atoms with Crippen LogP contribution in [0.25, 0.3) is 0 Å². The molecule has 3 amide bonds. The summed E-state index contributed by atoms with van der Waals surface area (Å²) in [6, 6.07) is 11.2. The third-order valence-electron chi connectivity index (χ3n) is 4.61. The Kier molecular flexibility index (Phi) is 4.10. The van der Waals surface area contributed by atoms with Crippen LogP contribution in [0.3, 0.4) is 0 Å². The van der Waals surface area contributed by atoms with Crippen LogP contribution in [0.2, 0.25) is 0 Å². The van der Waals surface area contributed by atoms with E-state index in [1.807, 2.05) is 30.3 Å². The van der Waals surface area contributed by atoms with E-state index in [0.29, 0.717) is 0 Å². The molecule has 2 unspecified atom stereocenters. The Balaban J connectivity index is 1.87. The van der Waals surface area contributed by atoms with Gasteiger partial charge in [-0.05, 0) is 18.4 Å². The van der Waals surface area contributed by atoms with E-state index in [2.05, 4.69) is 6.07 Å². The second-order valence-electron chi connectivity index (χ2n) is 5.94. The van der Waals surface area contributed by atoms with Crippen molar-refractivity contribution >= 4 is 11.9 Å². The van der Waals surface area contributed by atoms with Gasteiger partial charge < -0.3 is 4.90 Å². The summed E-state index contributed by atoms with van der Waals surface area (Å²) in [6.45, 7) is 0.336. The molecule has 5 nitrogen and oxygen atoms in total. The van der Waals surface area contributed by atoms with Crippen LogP contribution < -0.4 is 0 Å². The maximum atomic E-state index is 12.7. The van der Waals surface area contributed by atoms with Crippen molar-refractivity contribution in [2.24, 2.45) is 5.92 Å². The maximum absolute atomic E-state index is 12.7. The number of amides is 3. The number of benzene rings is 1. The van der Waals surface area contributed by atoms with Crippen molar-refractivity contribution in [3.05, 3.63) is 35.9 Å². The monoisotopic (exact) mass is 297 g/mol. The molecule has 1 saturated heterocycles. The van der Waals surface area contributed by atoms with Crippen LogP contribution >= 0.6 is 0 Å². The van der Waals surface area contributed by atoms with E-state index >= 15 is 0 Å². The van der Waals surface area contributed by atoms with Crippen LogP contribution in [-0.2, 0) is 11.3 Å². The molecule has 22 heavy (non-hydrogen) atoms. The minimum Gasteiger partial charge on any atom is -0.307 e. The number of imide groups is 1. The van der Waals surface area contributed by atoms with E-state index in [0.717, 1.165) is 31.2 Å². The average Bonchev–Trinajstić information content (AvgIpc) is 2.56. The molecule has 0 spiro atoms. The first kappa shape index (κ1) is 14.6. The normalized spacial score (nSPS) is 24.9. The zero-order valence-corrected chi connectivity index (χ0v) is 12.4. The molecule has 0 bridgehead atoms. The summed E-state index contributed by atoms with van der Waals surface area (Å²) in [5, 5.41) is 9.02. The molecule has 1 aromatic carbocycles. The summed E-state index contributed by atoms with van der Waals surface area (Å²) in [4.78, 5) is 28.3. The highest BCUT2D eigenvalue weighted by atomic mass is 16.2. The Labute approximate surface area is 130 Å². The lowest BCUT2D eigenvalue weighted by Gasteiger charge is -2.46. The summed E-state index contributed by atoms with van der Waals surface area (Å²) >= 11 is 0. The quantitative estimate of drug-likeness (QED) is 0.805. The van der Waals surface area contributed by atoms with Crippen molar-refractivity contribution in [2.45, 2.75) is 38.3 Å². The van der Waals surface area contributed by atoms with E-state index in [1.165, 1.54) is 4.90 Å². The lowest BCUT2D eigenvalue weighted by molar-refractivity contribution is -0.140. The molecule has 1 saturated carbocycles. The molecule has 1 aromatic rings. The Morgan fingerprint density at radius 1 is 1.14 bits per heavy atom. The van der Waals surface area contributed by atoms with Crippen molar-refractivity contribution in [1.82, 2.24) is 9.80 Å². The number of nitriles is 1. The van der Waals surface area contributed by atoms with Gasteiger partial charge in [-0.15, -0.1) is 0 Å². The van der Waals surface area contributed by atoms with Gasteiger partial charge in [0.05, 0.1) is 18.5 Å². The fraction of sp³-hybridized carbons (Fsp3) is 0.471.